The Morgan fingerprint density at radius 2 is 2.25 bits per heavy atom. The van der Waals surface area contributed by atoms with Crippen molar-refractivity contribution in [3.63, 3.8) is 0 Å². The van der Waals surface area contributed by atoms with Gasteiger partial charge in [0.15, 0.2) is 0 Å². The van der Waals surface area contributed by atoms with E-state index in [9.17, 15) is 9.59 Å². The minimum atomic E-state index is -0.930. The van der Waals surface area contributed by atoms with Gasteiger partial charge in [-0.1, -0.05) is 12.2 Å². The fourth-order valence-electron chi connectivity index (χ4n) is 1.69. The maximum absolute atomic E-state index is 11.6. The zero-order valence-corrected chi connectivity index (χ0v) is 9.86. The number of rotatable bonds is 5. The second-order valence-electron chi connectivity index (χ2n) is 3.72. The molecule has 1 aliphatic carbocycles. The van der Waals surface area contributed by atoms with Gasteiger partial charge in [-0.25, -0.2) is 0 Å². The van der Waals surface area contributed by atoms with Crippen LogP contribution in [0.25, 0.3) is 0 Å². The van der Waals surface area contributed by atoms with Crippen LogP contribution in [0.1, 0.15) is 19.3 Å². The number of carboxylic acids is 1. The van der Waals surface area contributed by atoms with Gasteiger partial charge in [0, 0.05) is 0 Å². The van der Waals surface area contributed by atoms with Gasteiger partial charge in [0.2, 0.25) is 0 Å². The number of thiol groups is 1. The molecule has 2 atom stereocenters. The predicted molar refractivity (Wildman–Crippen MR) is 62.4 cm³/mol. The topological polar surface area (TPSA) is 63.6 Å². The summed E-state index contributed by atoms with van der Waals surface area (Å²) in [4.78, 5) is 22.6. The fraction of sp³-hybridized carbons (Fsp3) is 0.636. The molecule has 0 saturated carbocycles. The predicted octanol–water partition coefficient (Wildman–Crippen LogP) is 1.52. The van der Waals surface area contributed by atoms with E-state index in [-0.39, 0.29) is 0 Å². The summed E-state index contributed by atoms with van der Waals surface area (Å²) in [6, 6.07) is 0. The molecule has 1 aliphatic rings. The Labute approximate surface area is 100 Å². The summed E-state index contributed by atoms with van der Waals surface area (Å²) in [5.74, 6) is -2.00. The molecule has 1 N–H and O–H groups in total. The van der Waals surface area contributed by atoms with E-state index >= 15 is 0 Å². The lowest BCUT2D eigenvalue weighted by Crippen LogP contribution is -2.31. The van der Waals surface area contributed by atoms with Crippen LogP contribution in [0.5, 0.6) is 0 Å². The average Bonchev–Trinajstić information content (AvgIpc) is 2.29. The highest BCUT2D eigenvalue weighted by atomic mass is 32.1. The van der Waals surface area contributed by atoms with Gasteiger partial charge in [0.1, 0.15) is 0 Å². The second-order valence-corrected chi connectivity index (χ2v) is 4.17. The van der Waals surface area contributed by atoms with E-state index in [2.05, 4.69) is 12.6 Å². The third-order valence-electron chi connectivity index (χ3n) is 2.56. The van der Waals surface area contributed by atoms with Crippen molar-refractivity contribution in [1.29, 1.82) is 0 Å². The number of aliphatic carboxylic acids is 1. The summed E-state index contributed by atoms with van der Waals surface area (Å²) in [6.45, 7) is 0.305. The first-order valence-corrected chi connectivity index (χ1v) is 5.97. The molecule has 0 aromatic carbocycles. The van der Waals surface area contributed by atoms with Gasteiger partial charge in [-0.3, -0.25) is 9.59 Å². The molecule has 5 heteroatoms. The molecule has 0 saturated heterocycles. The maximum Gasteiger partial charge on any atom is 0.313 e. The van der Waals surface area contributed by atoms with Crippen molar-refractivity contribution < 1.29 is 19.4 Å². The van der Waals surface area contributed by atoms with Gasteiger partial charge >= 0.3 is 11.9 Å². The van der Waals surface area contributed by atoms with Crippen molar-refractivity contribution in [3.8, 4) is 0 Å². The van der Waals surface area contributed by atoms with E-state index in [4.69, 9.17) is 9.84 Å². The summed E-state index contributed by atoms with van der Waals surface area (Å²) < 4.78 is 5.00. The van der Waals surface area contributed by atoms with Crippen molar-refractivity contribution in [2.24, 2.45) is 11.8 Å². The molecule has 0 heterocycles. The van der Waals surface area contributed by atoms with E-state index in [1.165, 1.54) is 0 Å². The van der Waals surface area contributed by atoms with Gasteiger partial charge in [0.05, 0.1) is 18.4 Å². The minimum Gasteiger partial charge on any atom is -0.481 e. The molecule has 0 aromatic rings. The number of hydrogen-bond donors (Lipinski definition) is 2. The monoisotopic (exact) mass is 244 g/mol. The summed E-state index contributed by atoms with van der Waals surface area (Å²) in [5, 5.41) is 8.98. The first kappa shape index (κ1) is 13.1. The van der Waals surface area contributed by atoms with Crippen molar-refractivity contribution in [2.75, 3.05) is 12.4 Å². The molecule has 0 bridgehead atoms. The van der Waals surface area contributed by atoms with Crippen LogP contribution in [0.4, 0.5) is 0 Å². The van der Waals surface area contributed by atoms with E-state index < -0.39 is 23.8 Å². The van der Waals surface area contributed by atoms with E-state index in [0.29, 0.717) is 31.6 Å². The molecule has 90 valence electrons. The van der Waals surface area contributed by atoms with Crippen LogP contribution < -0.4 is 0 Å². The van der Waals surface area contributed by atoms with Crippen molar-refractivity contribution >= 4 is 24.6 Å². The smallest absolute Gasteiger partial charge is 0.313 e. The van der Waals surface area contributed by atoms with Crippen LogP contribution in [-0.2, 0) is 14.3 Å². The Balaban J connectivity index is 2.54. The summed E-state index contributed by atoms with van der Waals surface area (Å²) in [5.41, 5.74) is 0. The molecule has 2 unspecified atom stereocenters. The molecule has 0 amide bonds. The Morgan fingerprint density at radius 1 is 1.50 bits per heavy atom. The normalized spacial score (nSPS) is 24.1. The second kappa shape index (κ2) is 6.58. The van der Waals surface area contributed by atoms with Crippen LogP contribution in [0.2, 0.25) is 0 Å². The lowest BCUT2D eigenvalue weighted by atomic mass is 9.84. The van der Waals surface area contributed by atoms with Gasteiger partial charge in [-0.2, -0.15) is 12.6 Å². The van der Waals surface area contributed by atoms with Gasteiger partial charge in [0.25, 0.3) is 0 Å². The standard InChI is InChI=1S/C11H16O4S/c12-10(13)8-4-1-2-5-9(8)11(14)15-6-3-7-16/h2,5,8-9,16H,1,3-4,6-7H2,(H,12,13). The van der Waals surface area contributed by atoms with Crippen molar-refractivity contribution in [3.05, 3.63) is 12.2 Å². The quantitative estimate of drug-likeness (QED) is 0.333. The first-order chi connectivity index (χ1) is 7.66. The minimum absolute atomic E-state index is 0.305. The molecule has 4 nitrogen and oxygen atoms in total. The molecule has 1 rings (SSSR count). The van der Waals surface area contributed by atoms with Crippen LogP contribution >= 0.6 is 12.6 Å². The molecule has 16 heavy (non-hydrogen) atoms. The van der Waals surface area contributed by atoms with E-state index in [0.717, 1.165) is 0 Å². The first-order valence-electron chi connectivity index (χ1n) is 5.33. The van der Waals surface area contributed by atoms with Gasteiger partial charge in [-0.05, 0) is 25.0 Å². The van der Waals surface area contributed by atoms with E-state index in [1.54, 1.807) is 6.08 Å². The summed E-state index contributed by atoms with van der Waals surface area (Å²) >= 11 is 4.00. The fourth-order valence-corrected chi connectivity index (χ4v) is 1.81. The molecule has 0 aliphatic heterocycles. The SMILES string of the molecule is O=C(OCCCS)C1C=CCCC1C(=O)O. The zero-order valence-electron chi connectivity index (χ0n) is 8.96. The molecule has 0 spiro atoms. The molecular formula is C11H16O4S. The number of allylic oxidation sites excluding steroid dienone is 1. The molecule has 0 radical (unpaired) electrons. The Bertz CT molecular complexity index is 288. The maximum atomic E-state index is 11.6. The third kappa shape index (κ3) is 3.56. The average molecular weight is 244 g/mol. The van der Waals surface area contributed by atoms with Crippen LogP contribution in [0.15, 0.2) is 12.2 Å². The zero-order chi connectivity index (χ0) is 12.0. The molecular weight excluding hydrogens is 228 g/mol. The number of carbonyl (C=O) groups is 2. The third-order valence-corrected chi connectivity index (χ3v) is 2.87. The number of esters is 1. The Hall–Kier alpha value is -0.970. The molecule has 0 aromatic heterocycles. The Kier molecular flexibility index (Phi) is 5.38. The number of hydrogen-bond acceptors (Lipinski definition) is 4. The van der Waals surface area contributed by atoms with Crippen molar-refractivity contribution in [2.45, 2.75) is 19.3 Å². The van der Waals surface area contributed by atoms with Gasteiger partial charge < -0.3 is 9.84 Å². The van der Waals surface area contributed by atoms with Crippen molar-refractivity contribution in [1.82, 2.24) is 0 Å². The van der Waals surface area contributed by atoms with E-state index in [1.807, 2.05) is 6.08 Å². The van der Waals surface area contributed by atoms with Gasteiger partial charge in [-0.15, -0.1) is 0 Å². The van der Waals surface area contributed by atoms with Crippen LogP contribution in [0, 0.1) is 11.8 Å². The largest absolute Gasteiger partial charge is 0.481 e. The Morgan fingerprint density at radius 3 is 2.88 bits per heavy atom. The summed E-state index contributed by atoms with van der Waals surface area (Å²) in [6.07, 6.45) is 5.37. The number of carboxylic acid groups (broad SMARTS) is 1. The molecule has 0 fully saturated rings. The lowest BCUT2D eigenvalue weighted by Gasteiger charge is -2.22. The van der Waals surface area contributed by atoms with Crippen LogP contribution in [0.3, 0.4) is 0 Å². The highest BCUT2D eigenvalue weighted by Crippen LogP contribution is 2.26. The number of carbonyl (C=O) groups excluding carboxylic acids is 1. The number of ether oxygens (including phenoxy) is 1. The highest BCUT2D eigenvalue weighted by molar-refractivity contribution is 7.80. The summed E-state index contributed by atoms with van der Waals surface area (Å²) in [7, 11) is 0. The lowest BCUT2D eigenvalue weighted by molar-refractivity contribution is -0.156. The highest BCUT2D eigenvalue weighted by Gasteiger charge is 2.34. The van der Waals surface area contributed by atoms with Crippen LogP contribution in [-0.4, -0.2) is 29.4 Å².